The van der Waals surface area contributed by atoms with Crippen LogP contribution in [-0.2, 0) is 4.74 Å². The number of ether oxygens (including phenoxy) is 1. The van der Waals surface area contributed by atoms with E-state index in [9.17, 15) is 4.79 Å². The first-order chi connectivity index (χ1) is 8.66. The van der Waals surface area contributed by atoms with E-state index in [1.165, 1.54) is 12.8 Å². The van der Waals surface area contributed by atoms with E-state index in [1.807, 2.05) is 6.92 Å². The molecule has 5 heteroatoms. The van der Waals surface area contributed by atoms with Crippen molar-refractivity contribution in [1.82, 2.24) is 4.90 Å². The maximum atomic E-state index is 11.9. The van der Waals surface area contributed by atoms with Crippen molar-refractivity contribution in [1.29, 1.82) is 0 Å². The lowest BCUT2D eigenvalue weighted by molar-refractivity contribution is -0.0000396. The van der Waals surface area contributed by atoms with Crippen LogP contribution in [0.15, 0.2) is 24.3 Å². The predicted octanol–water partition coefficient (Wildman–Crippen LogP) is -0.0149. The highest BCUT2D eigenvalue weighted by atomic mass is 35.5. The van der Waals surface area contributed by atoms with E-state index >= 15 is 0 Å². The van der Waals surface area contributed by atoms with Gasteiger partial charge in [-0.15, -0.1) is 0 Å². The van der Waals surface area contributed by atoms with Gasteiger partial charge in [-0.3, -0.25) is 4.90 Å². The van der Waals surface area contributed by atoms with Crippen LogP contribution in [0, 0.1) is 0 Å². The van der Waals surface area contributed by atoms with E-state index in [1.54, 1.807) is 24.3 Å². The molecule has 0 radical (unpaired) electrons. The third-order valence-electron chi connectivity index (χ3n) is 3.12. The van der Waals surface area contributed by atoms with Gasteiger partial charge < -0.3 is 17.1 Å². The Balaban J connectivity index is 0.00000180. The Hall–Kier alpha value is -0.770. The Labute approximate surface area is 125 Å². The van der Waals surface area contributed by atoms with E-state index in [2.05, 4.69) is 4.90 Å². The molecule has 106 valence electrons. The molecule has 19 heavy (non-hydrogen) atoms. The van der Waals surface area contributed by atoms with Crippen LogP contribution in [0.1, 0.15) is 30.1 Å². The first-order valence-corrected chi connectivity index (χ1v) is 6.72. The minimum Gasteiger partial charge on any atom is -1.00 e. The van der Waals surface area contributed by atoms with Crippen molar-refractivity contribution in [2.75, 3.05) is 19.6 Å². The van der Waals surface area contributed by atoms with Crippen molar-refractivity contribution in [3.8, 4) is 0 Å². The lowest BCUT2D eigenvalue weighted by Gasteiger charge is -2.20. The molecule has 1 aromatic carbocycles. The van der Waals surface area contributed by atoms with Gasteiger partial charge in [0.1, 0.15) is 6.10 Å². The molecule has 1 heterocycles. The summed E-state index contributed by atoms with van der Waals surface area (Å²) >= 11 is 5.96. The number of halogens is 2. The molecule has 1 aromatic rings. The number of esters is 1. The fourth-order valence-electron chi connectivity index (χ4n) is 2.24. The van der Waals surface area contributed by atoms with Gasteiger partial charge in [-0.05, 0) is 45.0 Å². The van der Waals surface area contributed by atoms with Crippen LogP contribution in [-0.4, -0.2) is 36.6 Å². The minimum atomic E-state index is -0.340. The Morgan fingerprint density at radius 3 is 2.63 bits per heavy atom. The Kier molecular flexibility index (Phi) is 6.63. The molecule has 1 atom stereocenters. The fourth-order valence-corrected chi connectivity index (χ4v) is 2.45. The highest BCUT2D eigenvalue weighted by Gasteiger charge is 2.19. The Bertz CT molecular complexity index is 420. The van der Waals surface area contributed by atoms with Gasteiger partial charge in [-0.1, -0.05) is 23.7 Å². The molecule has 0 spiro atoms. The summed E-state index contributed by atoms with van der Waals surface area (Å²) in [4.78, 5) is 14.2. The van der Waals surface area contributed by atoms with Crippen LogP contribution >= 0.6 is 11.6 Å². The monoisotopic (exact) mass is 302 g/mol. The molecule has 0 aromatic heterocycles. The molecule has 3 nitrogen and oxygen atoms in total. The molecular formula is C14H18Cl2NO2-. The second-order valence-corrected chi connectivity index (χ2v) is 5.11. The molecule has 0 aliphatic carbocycles. The molecule has 1 aliphatic heterocycles. The maximum absolute atomic E-state index is 11.9. The number of nitrogens with zero attached hydrogens (tertiary/aromatic N) is 1. The van der Waals surface area contributed by atoms with Crippen molar-refractivity contribution in [3.63, 3.8) is 0 Å². The topological polar surface area (TPSA) is 29.5 Å². The number of carbonyl (C=O) groups is 1. The minimum absolute atomic E-state index is 0. The summed E-state index contributed by atoms with van der Waals surface area (Å²) in [5, 5.41) is 0.441. The second kappa shape index (κ2) is 7.73. The van der Waals surface area contributed by atoms with Crippen molar-refractivity contribution in [3.05, 3.63) is 34.9 Å². The first-order valence-electron chi connectivity index (χ1n) is 6.34. The highest BCUT2D eigenvalue weighted by molar-refractivity contribution is 6.33. The van der Waals surface area contributed by atoms with Gasteiger partial charge >= 0.3 is 5.97 Å². The quantitative estimate of drug-likeness (QED) is 0.733. The number of likely N-dealkylation sites (tertiary alicyclic amines) is 1. The largest absolute Gasteiger partial charge is 1.00 e. The SMILES string of the molecule is CC(CN1CCCC1)OC(=O)c1ccccc1Cl.[Cl-]. The lowest BCUT2D eigenvalue weighted by Crippen LogP contribution is -3.00. The number of rotatable bonds is 4. The fraction of sp³-hybridized carbons (Fsp3) is 0.500. The predicted molar refractivity (Wildman–Crippen MR) is 72.0 cm³/mol. The third kappa shape index (κ3) is 4.68. The summed E-state index contributed by atoms with van der Waals surface area (Å²) in [5.74, 6) is -0.340. The second-order valence-electron chi connectivity index (χ2n) is 4.70. The Morgan fingerprint density at radius 1 is 1.37 bits per heavy atom. The molecule has 2 rings (SSSR count). The van der Waals surface area contributed by atoms with Crippen LogP contribution in [0.4, 0.5) is 0 Å². The molecular weight excluding hydrogens is 285 g/mol. The van der Waals surface area contributed by atoms with Crippen molar-refractivity contribution < 1.29 is 21.9 Å². The molecule has 1 unspecified atom stereocenters. The molecule has 0 N–H and O–H groups in total. The van der Waals surface area contributed by atoms with Gasteiger partial charge in [0.25, 0.3) is 0 Å². The molecule has 1 saturated heterocycles. The van der Waals surface area contributed by atoms with Crippen LogP contribution in [0.2, 0.25) is 5.02 Å². The van der Waals surface area contributed by atoms with Crippen LogP contribution in [0.5, 0.6) is 0 Å². The molecule has 1 aliphatic rings. The number of carbonyl (C=O) groups excluding carboxylic acids is 1. The zero-order valence-corrected chi connectivity index (χ0v) is 12.5. The Morgan fingerprint density at radius 2 is 2.00 bits per heavy atom. The van der Waals surface area contributed by atoms with E-state index in [0.717, 1.165) is 19.6 Å². The number of benzene rings is 1. The zero-order valence-electron chi connectivity index (χ0n) is 10.9. The summed E-state index contributed by atoms with van der Waals surface area (Å²) in [6, 6.07) is 6.97. The van der Waals surface area contributed by atoms with Gasteiger partial charge in [0.2, 0.25) is 0 Å². The third-order valence-corrected chi connectivity index (χ3v) is 3.45. The van der Waals surface area contributed by atoms with Crippen molar-refractivity contribution >= 4 is 17.6 Å². The normalized spacial score (nSPS) is 16.7. The standard InChI is InChI=1S/C14H18ClNO2.ClH/c1-11(10-16-8-4-5-9-16)18-14(17)12-6-2-3-7-13(12)15;/h2-3,6-7,11H,4-5,8-10H2,1H3;1H/p-1. The smallest absolute Gasteiger partial charge is 0.339 e. The van der Waals surface area contributed by atoms with Gasteiger partial charge in [-0.2, -0.15) is 0 Å². The molecule has 0 saturated carbocycles. The molecule has 1 fully saturated rings. The average Bonchev–Trinajstić information content (AvgIpc) is 2.82. The van der Waals surface area contributed by atoms with Gasteiger partial charge in [0.15, 0.2) is 0 Å². The lowest BCUT2D eigenvalue weighted by atomic mass is 10.2. The summed E-state index contributed by atoms with van der Waals surface area (Å²) in [5.41, 5.74) is 0.437. The summed E-state index contributed by atoms with van der Waals surface area (Å²) in [6.07, 6.45) is 2.38. The van der Waals surface area contributed by atoms with Crippen LogP contribution < -0.4 is 12.4 Å². The highest BCUT2D eigenvalue weighted by Crippen LogP contribution is 2.17. The van der Waals surface area contributed by atoms with E-state index in [0.29, 0.717) is 10.6 Å². The number of hydrogen-bond acceptors (Lipinski definition) is 3. The van der Waals surface area contributed by atoms with Crippen molar-refractivity contribution in [2.45, 2.75) is 25.9 Å². The zero-order chi connectivity index (χ0) is 13.0. The van der Waals surface area contributed by atoms with E-state index < -0.39 is 0 Å². The van der Waals surface area contributed by atoms with Gasteiger partial charge in [-0.25, -0.2) is 4.79 Å². The maximum Gasteiger partial charge on any atom is 0.339 e. The number of hydrogen-bond donors (Lipinski definition) is 0. The summed E-state index contributed by atoms with van der Waals surface area (Å²) in [7, 11) is 0. The first kappa shape index (κ1) is 16.3. The molecule has 0 bridgehead atoms. The van der Waals surface area contributed by atoms with Crippen LogP contribution in [0.3, 0.4) is 0 Å². The van der Waals surface area contributed by atoms with Crippen molar-refractivity contribution in [2.24, 2.45) is 0 Å². The molecule has 0 amide bonds. The summed E-state index contributed by atoms with van der Waals surface area (Å²) in [6.45, 7) is 4.94. The summed E-state index contributed by atoms with van der Waals surface area (Å²) < 4.78 is 5.41. The van der Waals surface area contributed by atoms with Gasteiger partial charge in [0, 0.05) is 6.54 Å². The van der Waals surface area contributed by atoms with Crippen LogP contribution in [0.25, 0.3) is 0 Å². The van der Waals surface area contributed by atoms with E-state index in [-0.39, 0.29) is 24.5 Å². The van der Waals surface area contributed by atoms with Gasteiger partial charge in [0.05, 0.1) is 10.6 Å². The van der Waals surface area contributed by atoms with E-state index in [4.69, 9.17) is 16.3 Å². The average molecular weight is 303 g/mol.